The predicted octanol–water partition coefficient (Wildman–Crippen LogP) is 1.27. The number of nitrogen functional groups attached to an aromatic ring is 1. The van der Waals surface area contributed by atoms with Crippen LogP contribution in [-0.4, -0.2) is 26.0 Å². The molecule has 20 heavy (non-hydrogen) atoms. The molecular weight excluding hydrogens is 288 g/mol. The number of nitrogens with zero attached hydrogens (tertiary/aromatic N) is 4. The zero-order valence-electron chi connectivity index (χ0n) is 9.78. The molecule has 0 unspecified atom stereocenters. The number of non-ortho nitro benzene ring substituents is 1. The van der Waals surface area contributed by atoms with Gasteiger partial charge in [-0.05, 0) is 0 Å². The molecule has 0 radical (unpaired) electrons. The van der Waals surface area contributed by atoms with E-state index in [0.29, 0.717) is 0 Å². The van der Waals surface area contributed by atoms with Gasteiger partial charge in [0.1, 0.15) is 0 Å². The highest BCUT2D eigenvalue weighted by Crippen LogP contribution is 2.29. The summed E-state index contributed by atoms with van der Waals surface area (Å²) in [5.74, 6) is -0.777. The maximum Gasteiger partial charge on any atom is 0.271 e. The number of anilines is 2. The van der Waals surface area contributed by atoms with Crippen LogP contribution in [-0.2, 0) is 0 Å². The van der Waals surface area contributed by atoms with E-state index in [0.717, 1.165) is 12.1 Å². The van der Waals surface area contributed by atoms with Crippen LogP contribution in [0, 0.1) is 10.1 Å². The molecule has 0 bridgehead atoms. The van der Waals surface area contributed by atoms with Crippen LogP contribution in [0.25, 0.3) is 0 Å². The first-order valence-corrected chi connectivity index (χ1v) is 5.55. The first-order valence-electron chi connectivity index (χ1n) is 5.17. The van der Waals surface area contributed by atoms with Crippen molar-refractivity contribution in [1.82, 2.24) is 15.2 Å². The van der Waals surface area contributed by atoms with E-state index in [2.05, 4.69) is 20.5 Å². The number of carbonyl (C=O) groups is 1. The van der Waals surface area contributed by atoms with E-state index in [1.54, 1.807) is 0 Å². The molecule has 1 heterocycles. The Morgan fingerprint density at radius 3 is 2.75 bits per heavy atom. The molecule has 1 aromatic carbocycles. The minimum Gasteiger partial charge on any atom is -0.397 e. The van der Waals surface area contributed by atoms with Gasteiger partial charge in [-0.25, -0.2) is 4.98 Å². The van der Waals surface area contributed by atoms with Gasteiger partial charge in [-0.2, -0.15) is 5.10 Å². The van der Waals surface area contributed by atoms with Crippen molar-refractivity contribution < 1.29 is 9.72 Å². The fourth-order valence-corrected chi connectivity index (χ4v) is 1.58. The minimum absolute atomic E-state index is 0.0560. The van der Waals surface area contributed by atoms with E-state index >= 15 is 0 Å². The number of nitrogens with two attached hydrogens (primary N) is 1. The minimum atomic E-state index is -0.721. The predicted molar refractivity (Wildman–Crippen MR) is 70.3 cm³/mol. The lowest BCUT2D eigenvalue weighted by molar-refractivity contribution is -0.384. The quantitative estimate of drug-likeness (QED) is 0.494. The fraction of sp³-hybridized carbons (Fsp3) is 0. The lowest BCUT2D eigenvalue weighted by Gasteiger charge is -2.07. The first-order chi connectivity index (χ1) is 9.49. The monoisotopic (exact) mass is 294 g/mol. The van der Waals surface area contributed by atoms with Gasteiger partial charge in [0, 0.05) is 12.1 Å². The summed E-state index contributed by atoms with van der Waals surface area (Å²) in [5.41, 5.74) is 5.08. The van der Waals surface area contributed by atoms with Crippen LogP contribution in [0.4, 0.5) is 17.3 Å². The molecule has 0 aliphatic carbocycles. The lowest BCUT2D eigenvalue weighted by atomic mass is 10.1. The Balaban J connectivity index is 2.36. The Labute approximate surface area is 116 Å². The van der Waals surface area contributed by atoms with E-state index in [1.807, 2.05) is 0 Å². The van der Waals surface area contributed by atoms with E-state index in [-0.39, 0.29) is 27.9 Å². The van der Waals surface area contributed by atoms with Crippen LogP contribution >= 0.6 is 11.6 Å². The summed E-state index contributed by atoms with van der Waals surface area (Å²) < 4.78 is 0. The normalized spacial score (nSPS) is 10.1. The van der Waals surface area contributed by atoms with Crippen molar-refractivity contribution in [2.24, 2.45) is 0 Å². The smallest absolute Gasteiger partial charge is 0.271 e. The Kier molecular flexibility index (Phi) is 3.71. The Hall–Kier alpha value is -2.81. The van der Waals surface area contributed by atoms with Crippen LogP contribution in [0.2, 0.25) is 5.02 Å². The van der Waals surface area contributed by atoms with Crippen molar-refractivity contribution >= 4 is 34.8 Å². The van der Waals surface area contributed by atoms with Gasteiger partial charge < -0.3 is 5.73 Å². The third-order valence-electron chi connectivity index (χ3n) is 2.28. The number of halogens is 1. The average Bonchev–Trinajstić information content (AvgIpc) is 2.42. The number of hydrogen-bond donors (Lipinski definition) is 2. The van der Waals surface area contributed by atoms with E-state index < -0.39 is 10.8 Å². The third-order valence-corrected chi connectivity index (χ3v) is 2.59. The van der Waals surface area contributed by atoms with Crippen molar-refractivity contribution in [2.75, 3.05) is 11.1 Å². The number of aromatic nitrogens is 3. The van der Waals surface area contributed by atoms with E-state index in [9.17, 15) is 14.9 Å². The van der Waals surface area contributed by atoms with Crippen LogP contribution in [0.1, 0.15) is 10.4 Å². The van der Waals surface area contributed by atoms with Crippen LogP contribution in [0.5, 0.6) is 0 Å². The van der Waals surface area contributed by atoms with Gasteiger partial charge in [-0.15, -0.1) is 5.10 Å². The molecule has 10 heteroatoms. The summed E-state index contributed by atoms with van der Waals surface area (Å²) in [6.45, 7) is 0. The van der Waals surface area contributed by atoms with E-state index in [1.165, 1.54) is 12.4 Å². The molecule has 2 aromatic rings. The Bertz CT molecular complexity index is 678. The molecule has 1 amide bonds. The van der Waals surface area contributed by atoms with Crippen molar-refractivity contribution in [2.45, 2.75) is 0 Å². The molecule has 2 rings (SSSR count). The molecule has 0 aliphatic heterocycles. The molecule has 3 N–H and O–H groups in total. The molecule has 9 nitrogen and oxygen atoms in total. The lowest BCUT2D eigenvalue weighted by Crippen LogP contribution is -2.16. The first kappa shape index (κ1) is 13.6. The molecule has 0 atom stereocenters. The Morgan fingerprint density at radius 1 is 1.40 bits per heavy atom. The second-order valence-corrected chi connectivity index (χ2v) is 3.97. The fourth-order valence-electron chi connectivity index (χ4n) is 1.37. The summed E-state index contributed by atoms with van der Waals surface area (Å²) in [6.07, 6.45) is 2.65. The summed E-state index contributed by atoms with van der Waals surface area (Å²) in [4.78, 5) is 25.8. The number of nitro benzene ring substituents is 1. The van der Waals surface area contributed by atoms with Gasteiger partial charge in [-0.1, -0.05) is 11.6 Å². The van der Waals surface area contributed by atoms with Gasteiger partial charge in [0.15, 0.2) is 0 Å². The third kappa shape index (κ3) is 2.78. The van der Waals surface area contributed by atoms with E-state index in [4.69, 9.17) is 17.3 Å². The van der Waals surface area contributed by atoms with Crippen LogP contribution in [0.3, 0.4) is 0 Å². The number of rotatable bonds is 3. The second-order valence-electron chi connectivity index (χ2n) is 3.57. The summed E-state index contributed by atoms with van der Waals surface area (Å²) in [7, 11) is 0. The number of nitrogens with one attached hydrogen (secondary N) is 1. The molecule has 0 fully saturated rings. The molecule has 102 valence electrons. The van der Waals surface area contributed by atoms with Gasteiger partial charge in [0.25, 0.3) is 11.6 Å². The maximum atomic E-state index is 12.0. The average molecular weight is 295 g/mol. The highest BCUT2D eigenvalue weighted by atomic mass is 35.5. The van der Waals surface area contributed by atoms with Crippen LogP contribution < -0.4 is 11.1 Å². The SMILES string of the molecule is Nc1c(Cl)cc([N+](=O)[O-])cc1C(=O)Nc1nccnn1. The maximum absolute atomic E-state index is 12.0. The zero-order valence-corrected chi connectivity index (χ0v) is 10.5. The number of amides is 1. The molecule has 0 aliphatic rings. The number of hydrogen-bond acceptors (Lipinski definition) is 7. The zero-order chi connectivity index (χ0) is 14.7. The number of carbonyl (C=O) groups excluding carboxylic acids is 1. The van der Waals surface area contributed by atoms with Crippen LogP contribution in [0.15, 0.2) is 24.5 Å². The number of benzene rings is 1. The Morgan fingerprint density at radius 2 is 2.15 bits per heavy atom. The standard InChI is InChI=1S/C10H7ClN6O3/c11-7-4-5(17(19)20)3-6(8(7)12)9(18)15-10-13-1-2-14-16-10/h1-4H,12H2,(H,13,15,16,18). The van der Waals surface area contributed by atoms with Crippen molar-refractivity contribution in [3.8, 4) is 0 Å². The van der Waals surface area contributed by atoms with Gasteiger partial charge in [-0.3, -0.25) is 20.2 Å². The molecule has 0 saturated carbocycles. The highest BCUT2D eigenvalue weighted by molar-refractivity contribution is 6.34. The number of nitro groups is 1. The molecule has 0 spiro atoms. The van der Waals surface area contributed by atoms with Gasteiger partial charge in [0.2, 0.25) is 5.95 Å². The van der Waals surface area contributed by atoms with Crippen molar-refractivity contribution in [3.63, 3.8) is 0 Å². The molecular formula is C10H7ClN6O3. The topological polar surface area (TPSA) is 137 Å². The summed E-state index contributed by atoms with van der Waals surface area (Å²) >= 11 is 5.76. The van der Waals surface area contributed by atoms with Crippen molar-refractivity contribution in [3.05, 3.63) is 45.2 Å². The van der Waals surface area contributed by atoms with Gasteiger partial charge in [0.05, 0.1) is 33.6 Å². The largest absolute Gasteiger partial charge is 0.397 e. The van der Waals surface area contributed by atoms with Gasteiger partial charge >= 0.3 is 0 Å². The second kappa shape index (κ2) is 5.45. The molecule has 1 aromatic heterocycles. The van der Waals surface area contributed by atoms with Crippen molar-refractivity contribution in [1.29, 1.82) is 0 Å². The molecule has 0 saturated heterocycles. The highest BCUT2D eigenvalue weighted by Gasteiger charge is 2.19. The summed E-state index contributed by atoms with van der Waals surface area (Å²) in [6, 6.07) is 2.08. The summed E-state index contributed by atoms with van der Waals surface area (Å²) in [5, 5.41) is 20.0.